The lowest BCUT2D eigenvalue weighted by atomic mass is 9.95. The second-order valence-corrected chi connectivity index (χ2v) is 7.40. The van der Waals surface area contributed by atoms with E-state index in [0.29, 0.717) is 5.92 Å². The molecule has 1 aromatic heterocycles. The van der Waals surface area contributed by atoms with Gasteiger partial charge in [-0.15, -0.1) is 11.3 Å². The van der Waals surface area contributed by atoms with Gasteiger partial charge in [0, 0.05) is 22.8 Å². The maximum atomic E-state index is 12.0. The van der Waals surface area contributed by atoms with Crippen molar-refractivity contribution >= 4 is 17.4 Å². The summed E-state index contributed by atoms with van der Waals surface area (Å²) in [6.45, 7) is 7.26. The summed E-state index contributed by atoms with van der Waals surface area (Å²) in [4.78, 5) is 16.1. The van der Waals surface area contributed by atoms with Gasteiger partial charge in [-0.25, -0.2) is 4.79 Å². The van der Waals surface area contributed by atoms with Gasteiger partial charge in [0.05, 0.1) is 6.61 Å². The average molecular weight is 297 g/mol. The molecule has 0 bridgehead atoms. The topological polar surface area (TPSA) is 49.8 Å². The van der Waals surface area contributed by atoms with Crippen LogP contribution in [0.5, 0.6) is 0 Å². The Morgan fingerprint density at radius 2 is 2.05 bits per heavy atom. The van der Waals surface area contributed by atoms with Crippen molar-refractivity contribution in [3.05, 3.63) is 21.9 Å². The van der Waals surface area contributed by atoms with Crippen LogP contribution in [0.4, 0.5) is 4.79 Å². The molecule has 20 heavy (non-hydrogen) atoms. The van der Waals surface area contributed by atoms with Gasteiger partial charge in [0.2, 0.25) is 0 Å². The van der Waals surface area contributed by atoms with E-state index in [2.05, 4.69) is 6.07 Å². The van der Waals surface area contributed by atoms with Crippen molar-refractivity contribution in [1.82, 2.24) is 4.90 Å². The van der Waals surface area contributed by atoms with Crippen molar-refractivity contribution in [2.75, 3.05) is 13.1 Å². The van der Waals surface area contributed by atoms with Crippen LogP contribution in [-0.4, -0.2) is 34.8 Å². The first-order chi connectivity index (χ1) is 9.39. The van der Waals surface area contributed by atoms with Gasteiger partial charge in [-0.2, -0.15) is 0 Å². The zero-order valence-corrected chi connectivity index (χ0v) is 13.2. The number of carbonyl (C=O) groups excluding carboxylic acids is 1. The van der Waals surface area contributed by atoms with E-state index in [0.717, 1.165) is 30.8 Å². The van der Waals surface area contributed by atoms with Crippen LogP contribution >= 0.6 is 11.3 Å². The molecule has 1 N–H and O–H groups in total. The van der Waals surface area contributed by atoms with Crippen molar-refractivity contribution in [2.45, 2.75) is 51.7 Å². The van der Waals surface area contributed by atoms with Gasteiger partial charge in [0.25, 0.3) is 0 Å². The van der Waals surface area contributed by atoms with Crippen molar-refractivity contribution in [2.24, 2.45) is 0 Å². The highest BCUT2D eigenvalue weighted by Crippen LogP contribution is 2.33. The summed E-state index contributed by atoms with van der Waals surface area (Å²) < 4.78 is 5.40. The number of piperidine rings is 1. The first-order valence-corrected chi connectivity index (χ1v) is 7.88. The van der Waals surface area contributed by atoms with E-state index in [1.54, 1.807) is 16.2 Å². The largest absolute Gasteiger partial charge is 0.444 e. The Balaban J connectivity index is 1.87. The van der Waals surface area contributed by atoms with Gasteiger partial charge in [-0.3, -0.25) is 0 Å². The number of rotatable bonds is 2. The predicted octanol–water partition coefficient (Wildman–Crippen LogP) is 3.35. The van der Waals surface area contributed by atoms with Crippen LogP contribution in [0.3, 0.4) is 0 Å². The van der Waals surface area contributed by atoms with E-state index in [1.807, 2.05) is 26.8 Å². The number of thiophene rings is 1. The third-order valence-corrected chi connectivity index (χ3v) is 4.62. The van der Waals surface area contributed by atoms with Crippen molar-refractivity contribution in [3.63, 3.8) is 0 Å². The molecule has 0 saturated carbocycles. The molecule has 1 saturated heterocycles. The molecule has 0 unspecified atom stereocenters. The number of likely N-dealkylation sites (tertiary alicyclic amines) is 1. The van der Waals surface area contributed by atoms with E-state index in [-0.39, 0.29) is 12.7 Å². The average Bonchev–Trinajstić information content (AvgIpc) is 2.85. The van der Waals surface area contributed by atoms with Gasteiger partial charge < -0.3 is 14.7 Å². The molecule has 1 aliphatic rings. The Hall–Kier alpha value is -1.07. The normalized spacial score (nSPS) is 17.3. The van der Waals surface area contributed by atoms with Crippen LogP contribution in [0.1, 0.15) is 49.3 Å². The number of carbonyl (C=O) groups is 1. The van der Waals surface area contributed by atoms with Crippen LogP contribution in [0.2, 0.25) is 0 Å². The van der Waals surface area contributed by atoms with Crippen LogP contribution in [0.15, 0.2) is 12.1 Å². The summed E-state index contributed by atoms with van der Waals surface area (Å²) in [5, 5.41) is 9.11. The van der Waals surface area contributed by atoms with E-state index < -0.39 is 5.60 Å². The van der Waals surface area contributed by atoms with Crippen molar-refractivity contribution < 1.29 is 14.6 Å². The molecular weight excluding hydrogens is 274 g/mol. The standard InChI is InChI=1S/C15H23NO3S/c1-15(2,3)19-14(18)16-8-6-11(7-9-16)13-5-4-12(10-17)20-13/h4-5,11,17H,6-10H2,1-3H3. The minimum absolute atomic E-state index is 0.113. The monoisotopic (exact) mass is 297 g/mol. The molecule has 0 atom stereocenters. The lowest BCUT2D eigenvalue weighted by Crippen LogP contribution is -2.41. The molecule has 5 heteroatoms. The molecule has 1 aromatic rings. The Kier molecular flexibility index (Phi) is 4.70. The molecule has 1 amide bonds. The molecule has 0 radical (unpaired) electrons. The van der Waals surface area contributed by atoms with E-state index in [1.165, 1.54) is 4.88 Å². The van der Waals surface area contributed by atoms with Gasteiger partial charge >= 0.3 is 6.09 Å². The number of amides is 1. The molecule has 2 heterocycles. The summed E-state index contributed by atoms with van der Waals surface area (Å²) in [6, 6.07) is 4.09. The van der Waals surface area contributed by atoms with E-state index in [9.17, 15) is 4.79 Å². The fourth-order valence-corrected chi connectivity index (χ4v) is 3.41. The van der Waals surface area contributed by atoms with Crippen LogP contribution in [0.25, 0.3) is 0 Å². The lowest BCUT2D eigenvalue weighted by molar-refractivity contribution is 0.0205. The summed E-state index contributed by atoms with van der Waals surface area (Å²) in [5.41, 5.74) is -0.433. The first kappa shape index (κ1) is 15.3. The lowest BCUT2D eigenvalue weighted by Gasteiger charge is -2.33. The van der Waals surface area contributed by atoms with Crippen LogP contribution < -0.4 is 0 Å². The van der Waals surface area contributed by atoms with Gasteiger partial charge in [0.15, 0.2) is 0 Å². The number of aliphatic hydroxyl groups excluding tert-OH is 1. The number of aliphatic hydroxyl groups is 1. The fourth-order valence-electron chi connectivity index (χ4n) is 2.37. The van der Waals surface area contributed by atoms with Gasteiger partial charge in [-0.05, 0) is 51.7 Å². The third-order valence-electron chi connectivity index (χ3n) is 3.39. The highest BCUT2D eigenvalue weighted by Gasteiger charge is 2.27. The Bertz CT molecular complexity index is 456. The maximum Gasteiger partial charge on any atom is 0.410 e. The van der Waals surface area contributed by atoms with E-state index >= 15 is 0 Å². The van der Waals surface area contributed by atoms with Crippen molar-refractivity contribution in [1.29, 1.82) is 0 Å². The quantitative estimate of drug-likeness (QED) is 0.910. The maximum absolute atomic E-state index is 12.0. The second kappa shape index (κ2) is 6.14. The molecular formula is C15H23NO3S. The number of hydrogen-bond acceptors (Lipinski definition) is 4. The van der Waals surface area contributed by atoms with E-state index in [4.69, 9.17) is 9.84 Å². The summed E-state index contributed by atoms with van der Waals surface area (Å²) in [7, 11) is 0. The Labute approximate surface area is 124 Å². The highest BCUT2D eigenvalue weighted by molar-refractivity contribution is 7.12. The number of ether oxygens (including phenoxy) is 1. The number of nitrogens with zero attached hydrogens (tertiary/aromatic N) is 1. The smallest absolute Gasteiger partial charge is 0.410 e. The third kappa shape index (κ3) is 3.96. The van der Waals surface area contributed by atoms with Crippen molar-refractivity contribution in [3.8, 4) is 0 Å². The molecule has 112 valence electrons. The minimum Gasteiger partial charge on any atom is -0.444 e. The SMILES string of the molecule is CC(C)(C)OC(=O)N1CCC(c2ccc(CO)s2)CC1. The second-order valence-electron chi connectivity index (χ2n) is 6.20. The van der Waals surface area contributed by atoms with Gasteiger partial charge in [-0.1, -0.05) is 0 Å². The van der Waals surface area contributed by atoms with Gasteiger partial charge in [0.1, 0.15) is 5.60 Å². The minimum atomic E-state index is -0.433. The number of hydrogen-bond donors (Lipinski definition) is 1. The molecule has 0 spiro atoms. The molecule has 0 aromatic carbocycles. The predicted molar refractivity (Wildman–Crippen MR) is 80.0 cm³/mol. The zero-order chi connectivity index (χ0) is 14.8. The summed E-state index contributed by atoms with van der Waals surface area (Å²) in [5.74, 6) is 0.499. The Morgan fingerprint density at radius 3 is 2.55 bits per heavy atom. The molecule has 1 aliphatic heterocycles. The van der Waals surface area contributed by atoms with Crippen LogP contribution in [0, 0.1) is 0 Å². The summed E-state index contributed by atoms with van der Waals surface area (Å²) in [6.07, 6.45) is 1.72. The fraction of sp³-hybridized carbons (Fsp3) is 0.667. The molecule has 2 rings (SSSR count). The first-order valence-electron chi connectivity index (χ1n) is 7.06. The summed E-state index contributed by atoms with van der Waals surface area (Å²) >= 11 is 1.67. The molecule has 4 nitrogen and oxygen atoms in total. The molecule has 1 fully saturated rings. The highest BCUT2D eigenvalue weighted by atomic mass is 32.1. The van der Waals surface area contributed by atoms with Crippen LogP contribution in [-0.2, 0) is 11.3 Å². The molecule has 0 aliphatic carbocycles. The Morgan fingerprint density at radius 1 is 1.40 bits per heavy atom. The zero-order valence-electron chi connectivity index (χ0n) is 12.4.